The van der Waals surface area contributed by atoms with Crippen LogP contribution in [-0.4, -0.2) is 0 Å². The Balaban J connectivity index is 1.21. The largest absolute Gasteiger partial charge is 0.310 e. The van der Waals surface area contributed by atoms with Gasteiger partial charge in [-0.2, -0.15) is 0 Å². The molecule has 2 aliphatic carbocycles. The summed E-state index contributed by atoms with van der Waals surface area (Å²) in [5.74, 6) is 0. The molecular formula is C52H41N. The van der Waals surface area contributed by atoms with E-state index in [9.17, 15) is 0 Å². The third-order valence-electron chi connectivity index (χ3n) is 12.1. The van der Waals surface area contributed by atoms with E-state index in [-0.39, 0.29) is 10.8 Å². The molecule has 0 radical (unpaired) electrons. The lowest BCUT2D eigenvalue weighted by Gasteiger charge is -2.30. The summed E-state index contributed by atoms with van der Waals surface area (Å²) in [6.07, 6.45) is 0. The Labute approximate surface area is 312 Å². The van der Waals surface area contributed by atoms with Gasteiger partial charge in [0.15, 0.2) is 0 Å². The molecule has 0 amide bonds. The van der Waals surface area contributed by atoms with Crippen LogP contribution in [0, 0.1) is 0 Å². The Morgan fingerprint density at radius 3 is 1.40 bits per heavy atom. The van der Waals surface area contributed by atoms with Crippen molar-refractivity contribution in [1.29, 1.82) is 0 Å². The highest BCUT2D eigenvalue weighted by atomic mass is 15.1. The lowest BCUT2D eigenvalue weighted by Crippen LogP contribution is -2.18. The van der Waals surface area contributed by atoms with E-state index in [2.05, 4.69) is 209 Å². The summed E-state index contributed by atoms with van der Waals surface area (Å²) in [4.78, 5) is 2.48. The highest BCUT2D eigenvalue weighted by Crippen LogP contribution is 2.53. The Kier molecular flexibility index (Phi) is 6.94. The first-order valence-corrected chi connectivity index (χ1v) is 18.8. The van der Waals surface area contributed by atoms with Crippen LogP contribution in [0.2, 0.25) is 0 Å². The molecule has 0 atom stereocenters. The zero-order chi connectivity index (χ0) is 35.9. The zero-order valence-electron chi connectivity index (χ0n) is 30.7. The van der Waals surface area contributed by atoms with Gasteiger partial charge in [-0.05, 0) is 114 Å². The second kappa shape index (κ2) is 11.7. The van der Waals surface area contributed by atoms with Crippen molar-refractivity contribution in [2.24, 2.45) is 0 Å². The predicted octanol–water partition coefficient (Wildman–Crippen LogP) is 14.3. The molecule has 0 bridgehead atoms. The van der Waals surface area contributed by atoms with Crippen molar-refractivity contribution < 1.29 is 0 Å². The van der Waals surface area contributed by atoms with E-state index in [0.717, 1.165) is 17.1 Å². The maximum Gasteiger partial charge on any atom is 0.0468 e. The molecule has 8 aromatic rings. The van der Waals surface area contributed by atoms with Gasteiger partial charge in [0.25, 0.3) is 0 Å². The van der Waals surface area contributed by atoms with Crippen LogP contribution in [0.1, 0.15) is 49.9 Å². The van der Waals surface area contributed by atoms with Crippen molar-refractivity contribution in [2.75, 3.05) is 4.90 Å². The number of benzene rings is 8. The lowest BCUT2D eigenvalue weighted by molar-refractivity contribution is 0.660. The lowest BCUT2D eigenvalue weighted by atomic mass is 9.82. The van der Waals surface area contributed by atoms with Crippen molar-refractivity contribution in [3.05, 3.63) is 198 Å². The maximum atomic E-state index is 2.48. The fourth-order valence-electron chi connectivity index (χ4n) is 9.33. The predicted molar refractivity (Wildman–Crippen MR) is 225 cm³/mol. The van der Waals surface area contributed by atoms with E-state index in [0.29, 0.717) is 0 Å². The van der Waals surface area contributed by atoms with Gasteiger partial charge >= 0.3 is 0 Å². The molecule has 8 aromatic carbocycles. The fourth-order valence-corrected chi connectivity index (χ4v) is 9.33. The van der Waals surface area contributed by atoms with Crippen LogP contribution in [0.5, 0.6) is 0 Å². The van der Waals surface area contributed by atoms with E-state index in [1.807, 2.05) is 0 Å². The SMILES string of the molecule is CC1(C)c2ccccc2-c2ccc(N(c3ccc(-c4cccc5ccccc45)c(-c4ccccc4)c3)c3ccc4c(c3)C(C)(C)c3ccccc3-4)cc21. The summed E-state index contributed by atoms with van der Waals surface area (Å²) >= 11 is 0. The molecule has 10 rings (SSSR count). The zero-order valence-corrected chi connectivity index (χ0v) is 30.7. The van der Waals surface area contributed by atoms with Crippen LogP contribution >= 0.6 is 0 Å². The molecule has 0 unspecified atom stereocenters. The molecule has 0 N–H and O–H groups in total. The molecular weight excluding hydrogens is 639 g/mol. The Hall–Kier alpha value is -6.18. The Morgan fingerprint density at radius 2 is 0.774 bits per heavy atom. The first-order valence-electron chi connectivity index (χ1n) is 18.8. The van der Waals surface area contributed by atoms with E-state index >= 15 is 0 Å². The maximum absolute atomic E-state index is 2.48. The van der Waals surface area contributed by atoms with Gasteiger partial charge in [0, 0.05) is 27.9 Å². The third-order valence-corrected chi connectivity index (χ3v) is 12.1. The molecule has 0 saturated carbocycles. The highest BCUT2D eigenvalue weighted by Gasteiger charge is 2.37. The van der Waals surface area contributed by atoms with Crippen molar-refractivity contribution in [3.8, 4) is 44.5 Å². The topological polar surface area (TPSA) is 3.24 Å². The molecule has 0 saturated heterocycles. The number of fused-ring (bicyclic) bond motifs is 7. The number of hydrogen-bond acceptors (Lipinski definition) is 1. The summed E-state index contributed by atoms with van der Waals surface area (Å²) in [5, 5.41) is 2.51. The van der Waals surface area contributed by atoms with Crippen LogP contribution < -0.4 is 4.90 Å². The number of nitrogens with zero attached hydrogens (tertiary/aromatic N) is 1. The minimum Gasteiger partial charge on any atom is -0.310 e. The van der Waals surface area contributed by atoms with Gasteiger partial charge < -0.3 is 4.90 Å². The van der Waals surface area contributed by atoms with Crippen molar-refractivity contribution in [2.45, 2.75) is 38.5 Å². The van der Waals surface area contributed by atoms with E-state index in [1.54, 1.807) is 0 Å². The van der Waals surface area contributed by atoms with Gasteiger partial charge in [-0.15, -0.1) is 0 Å². The summed E-state index contributed by atoms with van der Waals surface area (Å²) in [7, 11) is 0. The van der Waals surface area contributed by atoms with Crippen LogP contribution in [-0.2, 0) is 10.8 Å². The van der Waals surface area contributed by atoms with E-state index in [4.69, 9.17) is 0 Å². The molecule has 53 heavy (non-hydrogen) atoms. The Bertz CT molecular complexity index is 2620. The van der Waals surface area contributed by atoms with Gasteiger partial charge in [0.1, 0.15) is 0 Å². The molecule has 2 aliphatic rings. The van der Waals surface area contributed by atoms with Gasteiger partial charge in [0.05, 0.1) is 0 Å². The second-order valence-corrected chi connectivity index (χ2v) is 15.8. The normalized spacial score (nSPS) is 14.3. The van der Waals surface area contributed by atoms with Gasteiger partial charge in [-0.1, -0.05) is 167 Å². The molecule has 0 fully saturated rings. The quantitative estimate of drug-likeness (QED) is 0.175. The number of rotatable bonds is 5. The minimum atomic E-state index is -0.109. The van der Waals surface area contributed by atoms with Crippen LogP contribution in [0.25, 0.3) is 55.3 Å². The number of hydrogen-bond donors (Lipinski definition) is 0. The molecule has 0 spiro atoms. The van der Waals surface area contributed by atoms with Gasteiger partial charge in [-0.3, -0.25) is 0 Å². The minimum absolute atomic E-state index is 0.109. The van der Waals surface area contributed by atoms with E-state index < -0.39 is 0 Å². The molecule has 1 nitrogen and oxygen atoms in total. The monoisotopic (exact) mass is 679 g/mol. The average Bonchev–Trinajstić information content (AvgIpc) is 3.57. The van der Waals surface area contributed by atoms with Crippen LogP contribution in [0.4, 0.5) is 17.1 Å². The first kappa shape index (κ1) is 31.5. The summed E-state index contributed by atoms with van der Waals surface area (Å²) < 4.78 is 0. The summed E-state index contributed by atoms with van der Waals surface area (Å²) in [6.45, 7) is 9.47. The van der Waals surface area contributed by atoms with Gasteiger partial charge in [-0.25, -0.2) is 0 Å². The summed E-state index contributed by atoms with van der Waals surface area (Å²) in [5.41, 5.74) is 19.0. The second-order valence-electron chi connectivity index (χ2n) is 15.8. The van der Waals surface area contributed by atoms with Gasteiger partial charge in [0.2, 0.25) is 0 Å². The molecule has 0 aliphatic heterocycles. The van der Waals surface area contributed by atoms with E-state index in [1.165, 1.54) is 77.5 Å². The first-order chi connectivity index (χ1) is 25.8. The average molecular weight is 680 g/mol. The smallest absolute Gasteiger partial charge is 0.0468 e. The molecule has 254 valence electrons. The van der Waals surface area contributed by atoms with Crippen LogP contribution in [0.3, 0.4) is 0 Å². The fraction of sp³-hybridized carbons (Fsp3) is 0.115. The highest BCUT2D eigenvalue weighted by molar-refractivity contribution is 6.01. The number of anilines is 3. The molecule has 0 heterocycles. The van der Waals surface area contributed by atoms with Crippen molar-refractivity contribution >= 4 is 27.8 Å². The molecule has 1 heteroatoms. The molecule has 0 aromatic heterocycles. The Morgan fingerprint density at radius 1 is 0.321 bits per heavy atom. The van der Waals surface area contributed by atoms with Crippen molar-refractivity contribution in [1.82, 2.24) is 0 Å². The third kappa shape index (κ3) is 4.77. The standard InChI is InChI=1S/C52H41N/c1-51(2)47-23-12-10-20-42(47)44-29-26-37(32-49(44)51)53(38-27-30-45-43-21-11-13-24-48(43)52(3,4)50(45)33-38)36-25-28-41(46(31-36)35-15-6-5-7-16-35)40-22-14-18-34-17-8-9-19-39(34)40/h5-33H,1-4H3. The van der Waals surface area contributed by atoms with Crippen LogP contribution in [0.15, 0.2) is 176 Å². The van der Waals surface area contributed by atoms with Crippen molar-refractivity contribution in [3.63, 3.8) is 0 Å². The summed E-state index contributed by atoms with van der Waals surface area (Å²) in [6, 6.07) is 65.4.